The Balaban J connectivity index is 2.02. The second kappa shape index (κ2) is 8.61. The van der Waals surface area contributed by atoms with Gasteiger partial charge in [0.15, 0.2) is 5.82 Å². The molecule has 3 rings (SSSR count). The number of alkyl halides is 3. The van der Waals surface area contributed by atoms with Gasteiger partial charge in [0.1, 0.15) is 11.3 Å². The van der Waals surface area contributed by atoms with Crippen LogP contribution in [0, 0.1) is 0 Å². The van der Waals surface area contributed by atoms with E-state index in [0.717, 1.165) is 23.9 Å². The van der Waals surface area contributed by atoms with Crippen LogP contribution in [0.15, 0.2) is 54.7 Å². The first-order valence-corrected chi connectivity index (χ1v) is 9.39. The van der Waals surface area contributed by atoms with E-state index in [2.05, 4.69) is 9.97 Å². The Kier molecular flexibility index (Phi) is 6.14. The number of aromatic nitrogens is 2. The number of hydrogen-bond donors (Lipinski definition) is 0. The first-order chi connectivity index (χ1) is 14.2. The molecule has 0 spiro atoms. The van der Waals surface area contributed by atoms with E-state index >= 15 is 0 Å². The molecule has 0 radical (unpaired) electrons. The molecule has 5 nitrogen and oxygen atoms in total. The van der Waals surface area contributed by atoms with Gasteiger partial charge in [0, 0.05) is 31.7 Å². The molecule has 158 valence electrons. The summed E-state index contributed by atoms with van der Waals surface area (Å²) >= 11 is 0. The molecule has 0 amide bonds. The van der Waals surface area contributed by atoms with Crippen molar-refractivity contribution in [1.82, 2.24) is 9.97 Å². The predicted octanol–water partition coefficient (Wildman–Crippen LogP) is 5.60. The number of hydrogen-bond acceptors (Lipinski definition) is 5. The fraction of sp³-hybridized carbons (Fsp3) is 0.273. The lowest BCUT2D eigenvalue weighted by Crippen LogP contribution is -2.21. The molecule has 0 atom stereocenters. The third-order valence-corrected chi connectivity index (χ3v) is 4.87. The average molecular weight is 416 g/mol. The lowest BCUT2D eigenvalue weighted by molar-refractivity contribution is -0.137. The monoisotopic (exact) mass is 416 g/mol. The molecule has 2 aromatic carbocycles. The lowest BCUT2D eigenvalue weighted by atomic mass is 10.1. The van der Waals surface area contributed by atoms with Gasteiger partial charge < -0.3 is 14.5 Å². The Morgan fingerprint density at radius 1 is 0.900 bits per heavy atom. The van der Waals surface area contributed by atoms with Gasteiger partial charge in [0.25, 0.3) is 0 Å². The maximum atomic E-state index is 13.6. The molecule has 0 N–H and O–H groups in total. The van der Waals surface area contributed by atoms with E-state index < -0.39 is 11.7 Å². The van der Waals surface area contributed by atoms with Gasteiger partial charge in [-0.15, -0.1) is 0 Å². The lowest BCUT2D eigenvalue weighted by Gasteiger charge is -2.25. The average Bonchev–Trinajstić information content (AvgIpc) is 2.77. The summed E-state index contributed by atoms with van der Waals surface area (Å²) in [7, 11) is 4.83. The molecule has 0 aliphatic carbocycles. The number of halogens is 3. The summed E-state index contributed by atoms with van der Waals surface area (Å²) in [6.07, 6.45) is -2.90. The third-order valence-electron chi connectivity index (χ3n) is 4.87. The molecule has 1 aromatic heterocycles. The standard InChI is InChI=1S/C22H23F3N4O/c1-5-15-6-8-16(9-7-15)28(2)20-19(22(23,24)25)14-26-21(27-20)29(3)17-10-12-18(30-4)13-11-17/h6-14H,5H2,1-4H3. The SMILES string of the molecule is CCc1ccc(N(C)c2nc(N(C)c3ccc(OC)cc3)ncc2C(F)(F)F)cc1. The highest BCUT2D eigenvalue weighted by Crippen LogP contribution is 2.38. The summed E-state index contributed by atoms with van der Waals surface area (Å²) in [5, 5.41) is 0. The van der Waals surface area contributed by atoms with Gasteiger partial charge >= 0.3 is 6.18 Å². The summed E-state index contributed by atoms with van der Waals surface area (Å²) < 4.78 is 46.1. The largest absolute Gasteiger partial charge is 0.497 e. The third kappa shape index (κ3) is 4.48. The van der Waals surface area contributed by atoms with Gasteiger partial charge in [-0.25, -0.2) is 4.98 Å². The van der Waals surface area contributed by atoms with Crippen molar-refractivity contribution in [2.45, 2.75) is 19.5 Å². The Labute approximate surface area is 173 Å². The summed E-state index contributed by atoms with van der Waals surface area (Å²) in [5.41, 5.74) is 1.54. The molecule has 0 aliphatic rings. The minimum Gasteiger partial charge on any atom is -0.497 e. The van der Waals surface area contributed by atoms with Crippen molar-refractivity contribution in [2.75, 3.05) is 31.0 Å². The summed E-state index contributed by atoms with van der Waals surface area (Å²) in [6, 6.07) is 14.5. The molecular formula is C22H23F3N4O. The van der Waals surface area contributed by atoms with Gasteiger partial charge in [0.05, 0.1) is 7.11 Å². The van der Waals surface area contributed by atoms with Crippen LogP contribution >= 0.6 is 0 Å². The molecule has 0 bridgehead atoms. The van der Waals surface area contributed by atoms with Gasteiger partial charge in [-0.05, 0) is 48.4 Å². The number of nitrogens with zero attached hydrogens (tertiary/aromatic N) is 4. The fourth-order valence-electron chi connectivity index (χ4n) is 2.98. The second-order valence-corrected chi connectivity index (χ2v) is 6.74. The highest BCUT2D eigenvalue weighted by atomic mass is 19.4. The fourth-order valence-corrected chi connectivity index (χ4v) is 2.98. The van der Waals surface area contributed by atoms with Crippen LogP contribution in [0.1, 0.15) is 18.1 Å². The number of rotatable bonds is 6. The van der Waals surface area contributed by atoms with Crippen LogP contribution < -0.4 is 14.5 Å². The Morgan fingerprint density at radius 3 is 2.00 bits per heavy atom. The molecular weight excluding hydrogens is 393 g/mol. The smallest absolute Gasteiger partial charge is 0.421 e. The second-order valence-electron chi connectivity index (χ2n) is 6.74. The van der Waals surface area contributed by atoms with Crippen molar-refractivity contribution < 1.29 is 17.9 Å². The van der Waals surface area contributed by atoms with Crippen LogP contribution in [0.4, 0.5) is 36.3 Å². The molecule has 0 unspecified atom stereocenters. The molecule has 0 fully saturated rings. The summed E-state index contributed by atoms with van der Waals surface area (Å²) in [4.78, 5) is 11.3. The number of aryl methyl sites for hydroxylation is 1. The van der Waals surface area contributed by atoms with Crippen molar-refractivity contribution in [3.05, 3.63) is 65.9 Å². The zero-order valence-electron chi connectivity index (χ0n) is 17.2. The van der Waals surface area contributed by atoms with E-state index in [9.17, 15) is 13.2 Å². The molecule has 3 aromatic rings. The quantitative estimate of drug-likeness (QED) is 0.523. The zero-order chi connectivity index (χ0) is 21.9. The topological polar surface area (TPSA) is 41.5 Å². The molecule has 1 heterocycles. The van der Waals surface area contributed by atoms with E-state index in [-0.39, 0.29) is 11.8 Å². The highest BCUT2D eigenvalue weighted by molar-refractivity contribution is 5.66. The number of ether oxygens (including phenoxy) is 1. The van der Waals surface area contributed by atoms with Crippen molar-refractivity contribution in [1.29, 1.82) is 0 Å². The normalized spacial score (nSPS) is 11.3. The van der Waals surface area contributed by atoms with Crippen molar-refractivity contribution in [3.63, 3.8) is 0 Å². The highest BCUT2D eigenvalue weighted by Gasteiger charge is 2.37. The first-order valence-electron chi connectivity index (χ1n) is 9.39. The minimum absolute atomic E-state index is 0.153. The van der Waals surface area contributed by atoms with Crippen LogP contribution in [-0.2, 0) is 12.6 Å². The van der Waals surface area contributed by atoms with E-state index in [4.69, 9.17) is 4.74 Å². The maximum Gasteiger partial charge on any atom is 0.421 e. The number of methoxy groups -OCH3 is 1. The zero-order valence-corrected chi connectivity index (χ0v) is 17.2. The summed E-state index contributed by atoms with van der Waals surface area (Å²) in [6.45, 7) is 2.02. The van der Waals surface area contributed by atoms with Gasteiger partial charge in [-0.1, -0.05) is 19.1 Å². The maximum absolute atomic E-state index is 13.6. The van der Waals surface area contributed by atoms with Crippen LogP contribution in [0.2, 0.25) is 0 Å². The van der Waals surface area contributed by atoms with Crippen molar-refractivity contribution >= 4 is 23.1 Å². The van der Waals surface area contributed by atoms with Crippen LogP contribution in [0.3, 0.4) is 0 Å². The predicted molar refractivity (Wildman–Crippen MR) is 112 cm³/mol. The molecule has 0 saturated heterocycles. The minimum atomic E-state index is -4.58. The van der Waals surface area contributed by atoms with Gasteiger partial charge in [0.2, 0.25) is 5.95 Å². The number of anilines is 4. The first kappa shape index (κ1) is 21.4. The molecule has 0 aliphatic heterocycles. The molecule has 30 heavy (non-hydrogen) atoms. The van der Waals surface area contributed by atoms with Gasteiger partial charge in [-0.3, -0.25) is 0 Å². The van der Waals surface area contributed by atoms with Crippen LogP contribution in [0.5, 0.6) is 5.75 Å². The molecule has 0 saturated carbocycles. The Bertz CT molecular complexity index is 989. The van der Waals surface area contributed by atoms with Crippen molar-refractivity contribution in [2.24, 2.45) is 0 Å². The number of benzene rings is 2. The Hall–Kier alpha value is -3.29. The van der Waals surface area contributed by atoms with E-state index in [1.165, 1.54) is 4.90 Å². The van der Waals surface area contributed by atoms with E-state index in [1.807, 2.05) is 19.1 Å². The van der Waals surface area contributed by atoms with Crippen molar-refractivity contribution in [3.8, 4) is 5.75 Å². The molecule has 8 heteroatoms. The van der Waals surface area contributed by atoms with Gasteiger partial charge in [-0.2, -0.15) is 18.2 Å². The van der Waals surface area contributed by atoms with E-state index in [1.54, 1.807) is 62.5 Å². The van der Waals surface area contributed by atoms with E-state index in [0.29, 0.717) is 11.4 Å². The van der Waals surface area contributed by atoms with Crippen LogP contribution in [0.25, 0.3) is 0 Å². The van der Waals surface area contributed by atoms with Crippen LogP contribution in [-0.4, -0.2) is 31.2 Å². The summed E-state index contributed by atoms with van der Waals surface area (Å²) in [5.74, 6) is 0.619. The Morgan fingerprint density at radius 2 is 1.47 bits per heavy atom.